The summed E-state index contributed by atoms with van der Waals surface area (Å²) < 4.78 is 14.0. The Morgan fingerprint density at radius 2 is 2.00 bits per heavy atom. The molecule has 0 aromatic heterocycles. The molecule has 0 saturated carbocycles. The van der Waals surface area contributed by atoms with E-state index >= 15 is 0 Å². The minimum Gasteiger partial charge on any atom is -0.370 e. The summed E-state index contributed by atoms with van der Waals surface area (Å²) in [5.74, 6) is -0.190. The lowest BCUT2D eigenvalue weighted by Gasteiger charge is -2.27. The van der Waals surface area contributed by atoms with Gasteiger partial charge in [0, 0.05) is 19.1 Å². The number of hydrogen-bond acceptors (Lipinski definition) is 2. The van der Waals surface area contributed by atoms with Crippen molar-refractivity contribution in [2.75, 3.05) is 11.9 Å². The molecule has 1 rings (SSSR count). The molecule has 1 aromatic carbocycles. The van der Waals surface area contributed by atoms with Crippen LogP contribution in [0, 0.1) is 5.82 Å². The molecule has 0 bridgehead atoms. The lowest BCUT2D eigenvalue weighted by Crippen LogP contribution is -2.29. The highest BCUT2D eigenvalue weighted by Crippen LogP contribution is 2.24. The first-order valence-corrected chi connectivity index (χ1v) is 6.25. The smallest absolute Gasteiger partial charge is 0.146 e. The average molecular weight is 238 g/mol. The molecule has 2 unspecified atom stereocenters. The summed E-state index contributed by atoms with van der Waals surface area (Å²) >= 11 is 0. The predicted molar refractivity (Wildman–Crippen MR) is 71.8 cm³/mol. The van der Waals surface area contributed by atoms with E-state index in [4.69, 9.17) is 5.73 Å². The highest BCUT2D eigenvalue weighted by Gasteiger charge is 2.14. The van der Waals surface area contributed by atoms with Gasteiger partial charge in [-0.25, -0.2) is 4.39 Å². The second kappa shape index (κ2) is 6.01. The maximum atomic E-state index is 14.0. The SMILES string of the molecule is CCCC(C)N(C)c1ccc(C(C)N)cc1F. The van der Waals surface area contributed by atoms with Gasteiger partial charge in [0.2, 0.25) is 0 Å². The van der Waals surface area contributed by atoms with Crippen molar-refractivity contribution in [1.82, 2.24) is 0 Å². The van der Waals surface area contributed by atoms with Gasteiger partial charge in [0.25, 0.3) is 0 Å². The first-order chi connectivity index (χ1) is 7.97. The van der Waals surface area contributed by atoms with Crippen LogP contribution in [0.4, 0.5) is 10.1 Å². The van der Waals surface area contributed by atoms with Crippen LogP contribution in [0.2, 0.25) is 0 Å². The maximum Gasteiger partial charge on any atom is 0.146 e. The quantitative estimate of drug-likeness (QED) is 0.851. The van der Waals surface area contributed by atoms with Crippen molar-refractivity contribution in [3.8, 4) is 0 Å². The standard InChI is InChI=1S/C14H23FN2/c1-5-6-10(2)17(4)14-8-7-12(11(3)16)9-13(14)15/h7-11H,5-6,16H2,1-4H3. The second-order valence-electron chi connectivity index (χ2n) is 4.75. The Morgan fingerprint density at radius 1 is 1.35 bits per heavy atom. The van der Waals surface area contributed by atoms with E-state index in [1.807, 2.05) is 31.0 Å². The molecule has 0 saturated heterocycles. The molecule has 0 aliphatic heterocycles. The molecule has 2 nitrogen and oxygen atoms in total. The molecule has 3 heteroatoms. The first-order valence-electron chi connectivity index (χ1n) is 6.25. The number of halogens is 1. The fourth-order valence-electron chi connectivity index (χ4n) is 1.94. The van der Waals surface area contributed by atoms with E-state index in [1.165, 1.54) is 6.07 Å². The Labute approximate surface area is 104 Å². The van der Waals surface area contributed by atoms with Crippen molar-refractivity contribution in [2.24, 2.45) is 5.73 Å². The van der Waals surface area contributed by atoms with Gasteiger partial charge in [0.15, 0.2) is 0 Å². The van der Waals surface area contributed by atoms with Crippen LogP contribution in [-0.4, -0.2) is 13.1 Å². The van der Waals surface area contributed by atoms with Crippen molar-refractivity contribution >= 4 is 5.69 Å². The van der Waals surface area contributed by atoms with Crippen LogP contribution < -0.4 is 10.6 Å². The van der Waals surface area contributed by atoms with Gasteiger partial charge >= 0.3 is 0 Å². The van der Waals surface area contributed by atoms with E-state index in [9.17, 15) is 4.39 Å². The van der Waals surface area contributed by atoms with E-state index in [2.05, 4.69) is 13.8 Å². The predicted octanol–water partition coefficient (Wildman–Crippen LogP) is 3.47. The molecule has 0 spiro atoms. The van der Waals surface area contributed by atoms with Gasteiger partial charge in [-0.3, -0.25) is 0 Å². The maximum absolute atomic E-state index is 14.0. The fraction of sp³-hybridized carbons (Fsp3) is 0.571. The summed E-state index contributed by atoms with van der Waals surface area (Å²) in [6.07, 6.45) is 2.16. The van der Waals surface area contributed by atoms with Crippen molar-refractivity contribution in [3.05, 3.63) is 29.6 Å². The number of nitrogens with zero attached hydrogens (tertiary/aromatic N) is 1. The van der Waals surface area contributed by atoms with E-state index in [1.54, 1.807) is 0 Å². The van der Waals surface area contributed by atoms with Crippen LogP contribution in [0.25, 0.3) is 0 Å². The Balaban J connectivity index is 2.91. The van der Waals surface area contributed by atoms with Crippen molar-refractivity contribution in [1.29, 1.82) is 0 Å². The van der Waals surface area contributed by atoms with E-state index in [-0.39, 0.29) is 11.9 Å². The van der Waals surface area contributed by atoms with Gasteiger partial charge in [-0.1, -0.05) is 19.4 Å². The van der Waals surface area contributed by atoms with E-state index < -0.39 is 0 Å². The van der Waals surface area contributed by atoms with Crippen LogP contribution in [0.15, 0.2) is 18.2 Å². The topological polar surface area (TPSA) is 29.3 Å². The number of nitrogens with two attached hydrogens (primary N) is 1. The van der Waals surface area contributed by atoms with Gasteiger partial charge in [0.1, 0.15) is 5.82 Å². The van der Waals surface area contributed by atoms with Crippen LogP contribution in [-0.2, 0) is 0 Å². The lowest BCUT2D eigenvalue weighted by atomic mass is 10.1. The van der Waals surface area contributed by atoms with Crippen molar-refractivity contribution in [3.63, 3.8) is 0 Å². The molecular formula is C14H23FN2. The number of anilines is 1. The molecule has 0 amide bonds. The molecule has 0 aliphatic carbocycles. The molecule has 2 atom stereocenters. The van der Waals surface area contributed by atoms with Crippen LogP contribution in [0.3, 0.4) is 0 Å². The van der Waals surface area contributed by atoms with E-state index in [0.29, 0.717) is 11.7 Å². The largest absolute Gasteiger partial charge is 0.370 e. The van der Waals surface area contributed by atoms with Crippen molar-refractivity contribution < 1.29 is 4.39 Å². The molecule has 0 radical (unpaired) electrons. The Hall–Kier alpha value is -1.09. The van der Waals surface area contributed by atoms with E-state index in [0.717, 1.165) is 18.4 Å². The third kappa shape index (κ3) is 3.43. The highest BCUT2D eigenvalue weighted by atomic mass is 19.1. The zero-order valence-electron chi connectivity index (χ0n) is 11.2. The highest BCUT2D eigenvalue weighted by molar-refractivity contribution is 5.49. The Kier molecular flexibility index (Phi) is 4.94. The minimum atomic E-state index is -0.190. The molecule has 0 aliphatic rings. The van der Waals surface area contributed by atoms with Gasteiger partial charge < -0.3 is 10.6 Å². The molecule has 1 aromatic rings. The molecule has 0 heterocycles. The lowest BCUT2D eigenvalue weighted by molar-refractivity contribution is 0.580. The fourth-order valence-corrected chi connectivity index (χ4v) is 1.94. The summed E-state index contributed by atoms with van der Waals surface area (Å²) in [5.41, 5.74) is 7.22. The molecule has 2 N–H and O–H groups in total. The summed E-state index contributed by atoms with van der Waals surface area (Å²) in [5, 5.41) is 0. The minimum absolute atomic E-state index is 0.128. The normalized spacial score (nSPS) is 14.5. The third-order valence-electron chi connectivity index (χ3n) is 3.25. The average Bonchev–Trinajstić information content (AvgIpc) is 2.28. The summed E-state index contributed by atoms with van der Waals surface area (Å²) in [4.78, 5) is 1.99. The van der Waals surface area contributed by atoms with Gasteiger partial charge in [-0.15, -0.1) is 0 Å². The van der Waals surface area contributed by atoms with Gasteiger partial charge in [-0.2, -0.15) is 0 Å². The Morgan fingerprint density at radius 3 is 2.47 bits per heavy atom. The molecule has 96 valence electrons. The molecular weight excluding hydrogens is 215 g/mol. The first kappa shape index (κ1) is 14.0. The summed E-state index contributed by atoms with van der Waals surface area (Å²) in [7, 11) is 1.93. The second-order valence-corrected chi connectivity index (χ2v) is 4.75. The summed E-state index contributed by atoms with van der Waals surface area (Å²) in [6, 6.07) is 5.47. The molecule has 17 heavy (non-hydrogen) atoms. The number of hydrogen-bond donors (Lipinski definition) is 1. The van der Waals surface area contributed by atoms with Gasteiger partial charge in [-0.05, 0) is 38.0 Å². The van der Waals surface area contributed by atoms with Gasteiger partial charge in [0.05, 0.1) is 5.69 Å². The Bertz CT molecular complexity index is 363. The number of benzene rings is 1. The number of rotatable bonds is 5. The third-order valence-corrected chi connectivity index (χ3v) is 3.25. The monoisotopic (exact) mass is 238 g/mol. The summed E-state index contributed by atoms with van der Waals surface area (Å²) in [6.45, 7) is 6.11. The van der Waals surface area contributed by atoms with Crippen molar-refractivity contribution in [2.45, 2.75) is 45.7 Å². The van der Waals surface area contributed by atoms with Crippen LogP contribution in [0.5, 0.6) is 0 Å². The zero-order valence-corrected chi connectivity index (χ0v) is 11.2. The zero-order chi connectivity index (χ0) is 13.0. The van der Waals surface area contributed by atoms with Crippen LogP contribution >= 0.6 is 0 Å². The van der Waals surface area contributed by atoms with Crippen LogP contribution in [0.1, 0.15) is 45.2 Å². The molecule has 0 fully saturated rings.